The molecular weight excluding hydrogens is 552 g/mol. The number of rotatable bonds is 7. The minimum atomic E-state index is -0.238. The normalized spacial score (nSPS) is 19.1. The van der Waals surface area contributed by atoms with Crippen LogP contribution in [0.2, 0.25) is 5.02 Å². The minimum Gasteiger partial charge on any atom is -0.376 e. The van der Waals surface area contributed by atoms with Gasteiger partial charge in [-0.25, -0.2) is 4.68 Å². The zero-order valence-electron chi connectivity index (χ0n) is 21.1. The van der Waals surface area contributed by atoms with E-state index in [0.29, 0.717) is 23.1 Å². The highest BCUT2D eigenvalue weighted by Gasteiger charge is 2.38. The average molecular weight is 579 g/mol. The van der Waals surface area contributed by atoms with E-state index in [1.54, 1.807) is 38.7 Å². The van der Waals surface area contributed by atoms with Crippen LogP contribution >= 0.6 is 34.7 Å². The summed E-state index contributed by atoms with van der Waals surface area (Å²) in [5.41, 5.74) is 3.23. The third kappa shape index (κ3) is 5.36. The number of carbonyl (C=O) groups excluding carboxylic acids is 2. The lowest BCUT2D eigenvalue weighted by atomic mass is 10.0. The van der Waals surface area contributed by atoms with E-state index in [4.69, 9.17) is 21.4 Å². The zero-order chi connectivity index (χ0) is 26.8. The van der Waals surface area contributed by atoms with Crippen molar-refractivity contribution in [1.82, 2.24) is 15.1 Å². The summed E-state index contributed by atoms with van der Waals surface area (Å²) in [7, 11) is 0. The molecule has 1 N–H and O–H groups in total. The molecular formula is C29H27ClN4O3S2. The van der Waals surface area contributed by atoms with E-state index in [1.165, 1.54) is 0 Å². The summed E-state index contributed by atoms with van der Waals surface area (Å²) in [6.45, 7) is 1.02. The van der Waals surface area contributed by atoms with Crippen LogP contribution in [0, 0.1) is 0 Å². The minimum absolute atomic E-state index is 0.0152. The quantitative estimate of drug-likeness (QED) is 0.304. The number of anilines is 1. The first kappa shape index (κ1) is 26.1. The van der Waals surface area contributed by atoms with Crippen LogP contribution in [-0.2, 0) is 14.3 Å². The van der Waals surface area contributed by atoms with Gasteiger partial charge in [0, 0.05) is 29.2 Å². The first-order valence-corrected chi connectivity index (χ1v) is 15.2. The summed E-state index contributed by atoms with van der Waals surface area (Å²) < 4.78 is 7.40. The number of hydrogen-bond acceptors (Lipinski definition) is 6. The number of aromatic nitrogens is 2. The molecule has 2 unspecified atom stereocenters. The van der Waals surface area contributed by atoms with Crippen molar-refractivity contribution in [2.45, 2.75) is 24.2 Å². The molecule has 200 valence electrons. The van der Waals surface area contributed by atoms with Gasteiger partial charge >= 0.3 is 0 Å². The molecule has 1 fully saturated rings. The Morgan fingerprint density at radius 3 is 2.67 bits per heavy atom. The number of halogens is 1. The van der Waals surface area contributed by atoms with Crippen molar-refractivity contribution in [2.24, 2.45) is 0 Å². The number of carbonyl (C=O) groups is 2. The Balaban J connectivity index is 1.51. The number of amides is 2. The second kappa shape index (κ2) is 11.6. The topological polar surface area (TPSA) is 76.5 Å². The lowest BCUT2D eigenvalue weighted by Gasteiger charge is -2.23. The van der Waals surface area contributed by atoms with Gasteiger partial charge < -0.3 is 10.1 Å². The van der Waals surface area contributed by atoms with Crippen LogP contribution < -0.4 is 10.2 Å². The molecule has 2 aromatic heterocycles. The van der Waals surface area contributed by atoms with Crippen molar-refractivity contribution < 1.29 is 14.3 Å². The maximum atomic E-state index is 13.7. The zero-order valence-corrected chi connectivity index (χ0v) is 23.5. The maximum absolute atomic E-state index is 13.7. The second-order valence-electron chi connectivity index (χ2n) is 9.44. The number of thiophene rings is 1. The van der Waals surface area contributed by atoms with Crippen LogP contribution in [0.15, 0.2) is 72.1 Å². The molecule has 0 saturated carbocycles. The SMILES string of the molecule is O=C(CN1C(=O)CSC(c2cccs2)c2c(-c3ccccc3)nn(-c3ccccc3Cl)c21)NCC1CCCO1. The van der Waals surface area contributed by atoms with Crippen LogP contribution in [0.1, 0.15) is 28.5 Å². The molecule has 7 nitrogen and oxygen atoms in total. The van der Waals surface area contributed by atoms with Crippen molar-refractivity contribution in [3.05, 3.63) is 87.6 Å². The molecule has 6 rings (SSSR count). The van der Waals surface area contributed by atoms with Crippen LogP contribution in [0.4, 0.5) is 5.82 Å². The molecule has 0 spiro atoms. The summed E-state index contributed by atoms with van der Waals surface area (Å²) in [6, 6.07) is 21.5. The number of hydrogen-bond donors (Lipinski definition) is 1. The van der Waals surface area contributed by atoms with Crippen LogP contribution in [0.25, 0.3) is 16.9 Å². The Bertz CT molecular complexity index is 1470. The highest BCUT2D eigenvalue weighted by Crippen LogP contribution is 2.49. The molecule has 10 heteroatoms. The van der Waals surface area contributed by atoms with E-state index in [9.17, 15) is 9.59 Å². The Hall–Kier alpha value is -3.11. The Morgan fingerprint density at radius 1 is 1.10 bits per heavy atom. The molecule has 1 saturated heterocycles. The fraction of sp³-hybridized carbons (Fsp3) is 0.276. The molecule has 4 heterocycles. The standard InChI is InChI=1S/C29H27ClN4O3S2/c30-21-11-4-5-12-22(21)34-29-26(27(32-34)19-8-2-1-3-9-19)28(23-13-7-15-38-23)39-18-25(36)33(29)17-24(35)31-16-20-10-6-14-37-20/h1-5,7-9,11-13,15,20,28H,6,10,14,16-18H2,(H,31,35). The van der Waals surface area contributed by atoms with Gasteiger partial charge in [-0.2, -0.15) is 5.10 Å². The molecule has 2 atom stereocenters. The fourth-order valence-corrected chi connectivity index (χ4v) is 7.41. The molecule has 0 radical (unpaired) electrons. The van der Waals surface area contributed by atoms with Crippen molar-refractivity contribution >= 4 is 52.3 Å². The number of para-hydroxylation sites is 1. The van der Waals surface area contributed by atoms with Crippen LogP contribution in [0.3, 0.4) is 0 Å². The van der Waals surface area contributed by atoms with Gasteiger partial charge in [-0.05, 0) is 36.4 Å². The number of thioether (sulfide) groups is 1. The fourth-order valence-electron chi connectivity index (χ4n) is 5.02. The summed E-state index contributed by atoms with van der Waals surface area (Å²) in [4.78, 5) is 29.6. The molecule has 4 aromatic rings. The smallest absolute Gasteiger partial charge is 0.240 e. The van der Waals surface area contributed by atoms with Crippen molar-refractivity contribution in [1.29, 1.82) is 0 Å². The monoisotopic (exact) mass is 578 g/mol. The van der Waals surface area contributed by atoms with Crippen molar-refractivity contribution in [3.63, 3.8) is 0 Å². The lowest BCUT2D eigenvalue weighted by Crippen LogP contribution is -2.44. The largest absolute Gasteiger partial charge is 0.376 e. The predicted molar refractivity (Wildman–Crippen MR) is 157 cm³/mol. The van der Waals surface area contributed by atoms with Gasteiger partial charge in [0.05, 0.1) is 33.5 Å². The van der Waals surface area contributed by atoms with Crippen LogP contribution in [0.5, 0.6) is 0 Å². The highest BCUT2D eigenvalue weighted by molar-refractivity contribution is 8.00. The second-order valence-corrected chi connectivity index (χ2v) is 11.9. The summed E-state index contributed by atoms with van der Waals surface area (Å²) >= 11 is 9.89. The van der Waals surface area contributed by atoms with Crippen molar-refractivity contribution in [2.75, 3.05) is 30.3 Å². The van der Waals surface area contributed by atoms with E-state index in [1.807, 2.05) is 60.0 Å². The first-order valence-electron chi connectivity index (χ1n) is 12.9. The molecule has 2 aliphatic rings. The van der Waals surface area contributed by atoms with Crippen LogP contribution in [-0.4, -0.2) is 53.1 Å². The van der Waals surface area contributed by atoms with Gasteiger partial charge in [0.1, 0.15) is 12.4 Å². The van der Waals surface area contributed by atoms with Gasteiger partial charge in [0.25, 0.3) is 0 Å². The third-order valence-corrected chi connectivity index (χ3v) is 9.51. The summed E-state index contributed by atoms with van der Waals surface area (Å²) in [5.74, 6) is 0.410. The van der Waals surface area contributed by atoms with E-state index in [0.717, 1.165) is 41.1 Å². The molecule has 2 aliphatic heterocycles. The predicted octanol–water partition coefficient (Wildman–Crippen LogP) is 5.72. The molecule has 2 aromatic carbocycles. The Morgan fingerprint density at radius 2 is 1.92 bits per heavy atom. The first-order chi connectivity index (χ1) is 19.1. The van der Waals surface area contributed by atoms with Gasteiger partial charge in [-0.15, -0.1) is 23.1 Å². The molecule has 39 heavy (non-hydrogen) atoms. The number of benzene rings is 2. The Kier molecular flexibility index (Phi) is 7.74. The highest BCUT2D eigenvalue weighted by atomic mass is 35.5. The van der Waals surface area contributed by atoms with Crippen molar-refractivity contribution in [3.8, 4) is 16.9 Å². The third-order valence-electron chi connectivity index (χ3n) is 6.87. The van der Waals surface area contributed by atoms with E-state index in [2.05, 4.69) is 11.4 Å². The van der Waals surface area contributed by atoms with Gasteiger partial charge in [0.2, 0.25) is 11.8 Å². The Labute approximate surface area is 240 Å². The van der Waals surface area contributed by atoms with Gasteiger partial charge in [0.15, 0.2) is 0 Å². The maximum Gasteiger partial charge on any atom is 0.240 e. The van der Waals surface area contributed by atoms with E-state index < -0.39 is 0 Å². The van der Waals surface area contributed by atoms with Gasteiger partial charge in [-0.1, -0.05) is 60.1 Å². The number of nitrogens with zero attached hydrogens (tertiary/aromatic N) is 3. The van der Waals surface area contributed by atoms with Gasteiger partial charge in [-0.3, -0.25) is 14.5 Å². The van der Waals surface area contributed by atoms with E-state index in [-0.39, 0.29) is 35.5 Å². The summed E-state index contributed by atoms with van der Waals surface area (Å²) in [6.07, 6.45) is 1.93. The number of ether oxygens (including phenoxy) is 1. The molecule has 2 amide bonds. The number of nitrogens with one attached hydrogen (secondary N) is 1. The number of fused-ring (bicyclic) bond motifs is 1. The molecule has 0 bridgehead atoms. The summed E-state index contributed by atoms with van der Waals surface area (Å²) in [5, 5.41) is 10.4. The van der Waals surface area contributed by atoms with E-state index >= 15 is 0 Å². The molecule has 0 aliphatic carbocycles. The average Bonchev–Trinajstić information content (AvgIpc) is 3.73. The lowest BCUT2D eigenvalue weighted by molar-refractivity contribution is -0.123.